The van der Waals surface area contributed by atoms with E-state index in [1.807, 2.05) is 72.8 Å². The number of hydrogen-bond acceptors (Lipinski definition) is 9. The minimum atomic E-state index is -3.93. The Hall–Kier alpha value is -4.59. The van der Waals surface area contributed by atoms with Gasteiger partial charge in [0.05, 0.1) is 10.8 Å². The molecule has 2 aromatic carbocycles. The minimum Gasteiger partial charge on any atom is -0.374 e. The van der Waals surface area contributed by atoms with Crippen LogP contribution in [-0.2, 0) is 24.4 Å². The lowest BCUT2D eigenvalue weighted by atomic mass is 10.0. The van der Waals surface area contributed by atoms with Crippen molar-refractivity contribution in [3.8, 4) is 11.4 Å². The third-order valence-corrected chi connectivity index (χ3v) is 12.6. The zero-order valence-corrected chi connectivity index (χ0v) is 28.3. The van der Waals surface area contributed by atoms with Crippen molar-refractivity contribution in [3.05, 3.63) is 72.8 Å². The fourth-order valence-electron chi connectivity index (χ4n) is 6.86. The van der Waals surface area contributed by atoms with Crippen LogP contribution in [0.5, 0.6) is 0 Å². The molecule has 3 aromatic rings. The SMILES string of the molecule is CC1(S(=O)(=O)NC(=O)[C@@]23C[C@H]2/C=C\CCCCC[C@H](Nc2ccccc2)C(=O)N2C[C@H](n4nnc(-c5ccccc5)n4)C[C@H]2C(=O)N3)CC1. The number of hydrogen-bond donors (Lipinski definition) is 3. The highest BCUT2D eigenvalue weighted by atomic mass is 32.2. The van der Waals surface area contributed by atoms with E-state index in [4.69, 9.17) is 0 Å². The molecule has 3 N–H and O–H groups in total. The monoisotopic (exact) mass is 686 g/mol. The molecule has 4 aliphatic rings. The molecule has 0 spiro atoms. The molecule has 49 heavy (non-hydrogen) atoms. The van der Waals surface area contributed by atoms with Crippen LogP contribution in [0.2, 0.25) is 0 Å². The van der Waals surface area contributed by atoms with Crippen LogP contribution in [0.25, 0.3) is 11.4 Å². The first-order valence-electron chi connectivity index (χ1n) is 17.1. The minimum absolute atomic E-state index is 0.156. The summed E-state index contributed by atoms with van der Waals surface area (Å²) in [4.78, 5) is 45.6. The molecule has 2 saturated carbocycles. The lowest BCUT2D eigenvalue weighted by Crippen LogP contribution is -2.58. The molecular weight excluding hydrogens is 645 g/mol. The zero-order valence-electron chi connectivity index (χ0n) is 27.5. The van der Waals surface area contributed by atoms with E-state index in [0.29, 0.717) is 25.1 Å². The second kappa shape index (κ2) is 13.0. The van der Waals surface area contributed by atoms with Gasteiger partial charge in [0.25, 0.3) is 5.91 Å². The van der Waals surface area contributed by atoms with Gasteiger partial charge in [-0.05, 0) is 62.8 Å². The molecule has 0 unspecified atom stereocenters. The van der Waals surface area contributed by atoms with Gasteiger partial charge in [-0.25, -0.2) is 8.42 Å². The Morgan fingerprint density at radius 2 is 1.73 bits per heavy atom. The van der Waals surface area contributed by atoms with Gasteiger partial charge in [0, 0.05) is 30.1 Å². The number of allylic oxidation sites excluding steroid dienone is 1. The first kappa shape index (κ1) is 32.9. The largest absolute Gasteiger partial charge is 0.374 e. The van der Waals surface area contributed by atoms with Gasteiger partial charge in [0.1, 0.15) is 17.6 Å². The quantitative estimate of drug-likeness (QED) is 0.316. The molecular formula is C35H42N8O5S. The van der Waals surface area contributed by atoms with Gasteiger partial charge in [0.15, 0.2) is 0 Å². The fourth-order valence-corrected chi connectivity index (χ4v) is 8.18. The van der Waals surface area contributed by atoms with Crippen molar-refractivity contribution in [2.24, 2.45) is 5.92 Å². The Morgan fingerprint density at radius 3 is 2.47 bits per heavy atom. The Bertz CT molecular complexity index is 1850. The lowest BCUT2D eigenvalue weighted by molar-refractivity contribution is -0.140. The number of carbonyl (C=O) groups is 3. The molecule has 13 nitrogen and oxygen atoms in total. The molecule has 1 saturated heterocycles. The average Bonchev–Trinajstić information content (AvgIpc) is 3.86. The van der Waals surface area contributed by atoms with Crippen molar-refractivity contribution in [2.45, 2.75) is 93.1 Å². The number of amides is 3. The zero-order chi connectivity index (χ0) is 34.2. The summed E-state index contributed by atoms with van der Waals surface area (Å²) in [7, 11) is -3.93. The highest BCUT2D eigenvalue weighted by molar-refractivity contribution is 7.91. The molecule has 7 rings (SSSR count). The number of rotatable bonds is 7. The number of nitrogens with one attached hydrogen (secondary N) is 3. The van der Waals surface area contributed by atoms with Crippen molar-refractivity contribution in [1.82, 2.24) is 35.1 Å². The summed E-state index contributed by atoms with van der Waals surface area (Å²) in [5.41, 5.74) is 0.149. The summed E-state index contributed by atoms with van der Waals surface area (Å²) in [6.45, 7) is 1.77. The van der Waals surface area contributed by atoms with Crippen LogP contribution < -0.4 is 15.4 Å². The maximum Gasteiger partial charge on any atom is 0.259 e. The van der Waals surface area contributed by atoms with Gasteiger partial charge in [-0.1, -0.05) is 73.5 Å². The molecule has 0 bridgehead atoms. The molecule has 2 aliphatic carbocycles. The topological polar surface area (TPSA) is 168 Å². The second-order valence-corrected chi connectivity index (χ2v) is 16.2. The maximum absolute atomic E-state index is 14.5. The standard InChI is InChI=1S/C35H42N8O5S/c1-34(19-20-34)49(47,48)40-33(46)35-22-25(35)15-9-3-2-4-12-18-28(36-26-16-10-6-11-17-26)32(45)42-23-27(21-29(42)31(44)37-35)43-39-30(38-41-43)24-13-7-5-8-14-24/h5-11,13-17,25,27-29,36H,2-4,12,18-23H2,1H3,(H,37,44)(H,40,46)/b15-9-/t25-,27-,28+,29+,35-/m1/s1. The van der Waals surface area contributed by atoms with Gasteiger partial charge in [-0.2, -0.15) is 4.80 Å². The van der Waals surface area contributed by atoms with E-state index in [1.54, 1.807) is 11.8 Å². The van der Waals surface area contributed by atoms with E-state index < -0.39 is 50.2 Å². The van der Waals surface area contributed by atoms with Gasteiger partial charge >= 0.3 is 0 Å². The fraction of sp³-hybridized carbons (Fsp3) is 0.486. The Labute approximate surface area is 285 Å². The number of anilines is 1. The van der Waals surface area contributed by atoms with Gasteiger partial charge in [-0.3, -0.25) is 19.1 Å². The summed E-state index contributed by atoms with van der Waals surface area (Å²) in [6.07, 6.45) is 9.24. The summed E-state index contributed by atoms with van der Waals surface area (Å²) in [5.74, 6) is -1.44. The third-order valence-electron chi connectivity index (χ3n) is 10.4. The van der Waals surface area contributed by atoms with Crippen molar-refractivity contribution < 1.29 is 22.8 Å². The number of carbonyl (C=O) groups excluding carboxylic acids is 3. The number of nitrogens with zero attached hydrogens (tertiary/aromatic N) is 5. The van der Waals surface area contributed by atoms with E-state index in [2.05, 4.69) is 30.8 Å². The second-order valence-electron chi connectivity index (χ2n) is 14.0. The van der Waals surface area contributed by atoms with Gasteiger partial charge < -0.3 is 15.5 Å². The van der Waals surface area contributed by atoms with Crippen molar-refractivity contribution in [1.29, 1.82) is 0 Å². The molecule has 14 heteroatoms. The number of sulfonamides is 1. The van der Waals surface area contributed by atoms with Crippen molar-refractivity contribution in [3.63, 3.8) is 0 Å². The molecule has 3 amide bonds. The third kappa shape index (κ3) is 6.70. The molecule has 3 heterocycles. The highest BCUT2D eigenvalue weighted by Gasteiger charge is 2.63. The van der Waals surface area contributed by atoms with Crippen LogP contribution in [0.15, 0.2) is 72.8 Å². The molecule has 5 atom stereocenters. The van der Waals surface area contributed by atoms with Crippen LogP contribution in [-0.4, -0.2) is 80.2 Å². The van der Waals surface area contributed by atoms with Crippen molar-refractivity contribution >= 4 is 33.4 Å². The van der Waals surface area contributed by atoms with Gasteiger partial charge in [0.2, 0.25) is 27.7 Å². The van der Waals surface area contributed by atoms with Crippen molar-refractivity contribution in [2.75, 3.05) is 11.9 Å². The molecule has 2 aliphatic heterocycles. The summed E-state index contributed by atoms with van der Waals surface area (Å²) in [6, 6.07) is 16.9. The number of fused-ring (bicyclic) bond motifs is 2. The van der Waals surface area contributed by atoms with Crippen LogP contribution >= 0.6 is 0 Å². The highest BCUT2D eigenvalue weighted by Crippen LogP contribution is 2.47. The predicted molar refractivity (Wildman–Crippen MR) is 182 cm³/mol. The van der Waals surface area contributed by atoms with E-state index in [1.165, 1.54) is 4.80 Å². The number of para-hydroxylation sites is 1. The first-order chi connectivity index (χ1) is 23.6. The van der Waals surface area contributed by atoms with Crippen LogP contribution in [0.1, 0.15) is 70.8 Å². The Morgan fingerprint density at radius 1 is 1.00 bits per heavy atom. The van der Waals surface area contributed by atoms with Crippen LogP contribution in [0, 0.1) is 5.92 Å². The summed E-state index contributed by atoms with van der Waals surface area (Å²) < 4.78 is 27.5. The summed E-state index contributed by atoms with van der Waals surface area (Å²) in [5, 5.41) is 19.5. The van der Waals surface area contributed by atoms with E-state index >= 15 is 0 Å². The van der Waals surface area contributed by atoms with E-state index in [0.717, 1.165) is 36.9 Å². The van der Waals surface area contributed by atoms with Gasteiger partial charge in [-0.15, -0.1) is 10.2 Å². The summed E-state index contributed by atoms with van der Waals surface area (Å²) >= 11 is 0. The first-order valence-corrected chi connectivity index (χ1v) is 18.6. The van der Waals surface area contributed by atoms with E-state index in [-0.39, 0.29) is 31.2 Å². The Balaban J connectivity index is 1.20. The maximum atomic E-state index is 14.5. The average molecular weight is 687 g/mol. The number of benzene rings is 2. The number of tetrazole rings is 1. The molecule has 0 radical (unpaired) electrons. The number of aromatic nitrogens is 4. The van der Waals surface area contributed by atoms with Crippen LogP contribution in [0.3, 0.4) is 0 Å². The van der Waals surface area contributed by atoms with Crippen LogP contribution in [0.4, 0.5) is 5.69 Å². The van der Waals surface area contributed by atoms with E-state index in [9.17, 15) is 22.8 Å². The molecule has 258 valence electrons. The molecule has 3 fully saturated rings. The smallest absolute Gasteiger partial charge is 0.259 e. The Kier molecular flexibility index (Phi) is 8.76. The lowest BCUT2D eigenvalue weighted by Gasteiger charge is -2.30. The predicted octanol–water partition coefficient (Wildman–Crippen LogP) is 3.36. The molecule has 1 aromatic heterocycles. The normalized spacial score (nSPS) is 29.0.